The first-order chi connectivity index (χ1) is 7.65. The molecule has 2 amide bonds. The zero-order chi connectivity index (χ0) is 12.0. The second-order valence-corrected chi connectivity index (χ2v) is 4.24. The number of carbonyl (C=O) groups excluding carboxylic acids is 2. The first-order valence-electron chi connectivity index (χ1n) is 5.98. The molecule has 1 saturated heterocycles. The van der Waals surface area contributed by atoms with Crippen molar-refractivity contribution >= 4 is 11.8 Å². The van der Waals surface area contributed by atoms with Crippen molar-refractivity contribution in [2.24, 2.45) is 5.73 Å². The summed E-state index contributed by atoms with van der Waals surface area (Å²) in [4.78, 5) is 23.2. The van der Waals surface area contributed by atoms with Crippen LogP contribution in [0.25, 0.3) is 0 Å². The van der Waals surface area contributed by atoms with Crippen LogP contribution in [0.2, 0.25) is 0 Å². The molecule has 16 heavy (non-hydrogen) atoms. The van der Waals surface area contributed by atoms with Crippen LogP contribution < -0.4 is 16.4 Å². The predicted molar refractivity (Wildman–Crippen MR) is 61.7 cm³/mol. The van der Waals surface area contributed by atoms with Crippen LogP contribution in [-0.2, 0) is 9.59 Å². The van der Waals surface area contributed by atoms with Gasteiger partial charge in [0.25, 0.3) is 0 Å². The molecule has 5 heteroatoms. The molecule has 1 fully saturated rings. The third kappa shape index (κ3) is 3.81. The minimum atomic E-state index is -0.499. The molecule has 0 radical (unpaired) electrons. The Labute approximate surface area is 96.1 Å². The second-order valence-electron chi connectivity index (χ2n) is 4.24. The van der Waals surface area contributed by atoms with E-state index in [0.717, 1.165) is 19.3 Å². The fourth-order valence-corrected chi connectivity index (χ4v) is 1.80. The number of amides is 2. The Morgan fingerprint density at radius 2 is 2.38 bits per heavy atom. The summed E-state index contributed by atoms with van der Waals surface area (Å²) in [6, 6.07) is -0.904. The summed E-state index contributed by atoms with van der Waals surface area (Å²) < 4.78 is 0. The Balaban J connectivity index is 2.44. The van der Waals surface area contributed by atoms with Gasteiger partial charge in [0.1, 0.15) is 6.04 Å². The van der Waals surface area contributed by atoms with Crippen LogP contribution in [0.15, 0.2) is 0 Å². The smallest absolute Gasteiger partial charge is 0.242 e. The molecule has 2 atom stereocenters. The molecule has 0 aromatic heterocycles. The maximum absolute atomic E-state index is 11.6. The molecule has 0 aromatic carbocycles. The van der Waals surface area contributed by atoms with E-state index in [2.05, 4.69) is 10.6 Å². The minimum Gasteiger partial charge on any atom is -0.354 e. The molecule has 0 saturated carbocycles. The molecular formula is C11H21N3O2. The number of hydrogen-bond donors (Lipinski definition) is 3. The van der Waals surface area contributed by atoms with Gasteiger partial charge in [-0.3, -0.25) is 9.59 Å². The van der Waals surface area contributed by atoms with E-state index in [1.54, 1.807) is 0 Å². The fourth-order valence-electron chi connectivity index (χ4n) is 1.80. The fraction of sp³-hybridized carbons (Fsp3) is 0.818. The summed E-state index contributed by atoms with van der Waals surface area (Å²) >= 11 is 0. The molecule has 1 aliphatic heterocycles. The molecule has 0 aliphatic carbocycles. The lowest BCUT2D eigenvalue weighted by Crippen LogP contribution is -2.50. The Morgan fingerprint density at radius 1 is 1.62 bits per heavy atom. The Hall–Kier alpha value is -1.10. The summed E-state index contributed by atoms with van der Waals surface area (Å²) in [5, 5.41) is 5.49. The monoisotopic (exact) mass is 227 g/mol. The summed E-state index contributed by atoms with van der Waals surface area (Å²) in [6.07, 6.45) is 4.15. The summed E-state index contributed by atoms with van der Waals surface area (Å²) in [6.45, 7) is 2.68. The van der Waals surface area contributed by atoms with Crippen molar-refractivity contribution in [3.05, 3.63) is 0 Å². The molecule has 0 aromatic rings. The van der Waals surface area contributed by atoms with Gasteiger partial charge < -0.3 is 16.4 Å². The van der Waals surface area contributed by atoms with Crippen molar-refractivity contribution in [3.8, 4) is 0 Å². The summed E-state index contributed by atoms with van der Waals surface area (Å²) in [7, 11) is 0. The standard InChI is InChI=1S/C11H21N3O2/c1-2-5-8(12)10(15)14-9-6-3-4-7-13-11(9)16/h8-9H,2-7,12H2,1H3,(H,13,16)(H,14,15)/t8-,9?/m0/s1. The molecule has 1 unspecified atom stereocenters. The lowest BCUT2D eigenvalue weighted by molar-refractivity contribution is -0.129. The van der Waals surface area contributed by atoms with Gasteiger partial charge in [-0.2, -0.15) is 0 Å². The zero-order valence-corrected chi connectivity index (χ0v) is 9.79. The van der Waals surface area contributed by atoms with Gasteiger partial charge in [-0.05, 0) is 25.7 Å². The summed E-state index contributed by atoms with van der Waals surface area (Å²) in [5.41, 5.74) is 5.69. The predicted octanol–water partition coefficient (Wildman–Crippen LogP) is -0.101. The van der Waals surface area contributed by atoms with Gasteiger partial charge in [0.2, 0.25) is 11.8 Å². The highest BCUT2D eigenvalue weighted by Crippen LogP contribution is 2.06. The van der Waals surface area contributed by atoms with Crippen molar-refractivity contribution in [2.75, 3.05) is 6.54 Å². The largest absolute Gasteiger partial charge is 0.354 e. The quantitative estimate of drug-likeness (QED) is 0.627. The van der Waals surface area contributed by atoms with Crippen LogP contribution in [0.3, 0.4) is 0 Å². The van der Waals surface area contributed by atoms with Gasteiger partial charge in [-0.25, -0.2) is 0 Å². The van der Waals surface area contributed by atoms with Crippen LogP contribution in [0, 0.1) is 0 Å². The van der Waals surface area contributed by atoms with Crippen molar-refractivity contribution in [1.82, 2.24) is 10.6 Å². The van der Waals surface area contributed by atoms with Crippen molar-refractivity contribution < 1.29 is 9.59 Å². The van der Waals surface area contributed by atoms with E-state index in [1.165, 1.54) is 0 Å². The first kappa shape index (κ1) is 13.0. The molecular weight excluding hydrogens is 206 g/mol. The number of nitrogens with two attached hydrogens (primary N) is 1. The van der Waals surface area contributed by atoms with Crippen molar-refractivity contribution in [1.29, 1.82) is 0 Å². The topological polar surface area (TPSA) is 84.2 Å². The molecule has 4 N–H and O–H groups in total. The van der Waals surface area contributed by atoms with Crippen LogP contribution in [0.5, 0.6) is 0 Å². The number of hydrogen-bond acceptors (Lipinski definition) is 3. The minimum absolute atomic E-state index is 0.0884. The van der Waals surface area contributed by atoms with Crippen LogP contribution in [0.1, 0.15) is 39.0 Å². The van der Waals surface area contributed by atoms with E-state index < -0.39 is 12.1 Å². The van der Waals surface area contributed by atoms with E-state index in [-0.39, 0.29) is 11.8 Å². The third-order valence-corrected chi connectivity index (χ3v) is 2.79. The Kier molecular flexibility index (Phi) is 5.25. The van der Waals surface area contributed by atoms with Gasteiger partial charge in [0, 0.05) is 6.54 Å². The highest BCUT2D eigenvalue weighted by atomic mass is 16.2. The molecule has 0 bridgehead atoms. The maximum atomic E-state index is 11.6. The first-order valence-corrected chi connectivity index (χ1v) is 5.98. The van der Waals surface area contributed by atoms with E-state index in [0.29, 0.717) is 19.4 Å². The molecule has 1 aliphatic rings. The molecule has 92 valence electrons. The van der Waals surface area contributed by atoms with E-state index >= 15 is 0 Å². The maximum Gasteiger partial charge on any atom is 0.242 e. The van der Waals surface area contributed by atoms with Crippen LogP contribution in [0.4, 0.5) is 0 Å². The van der Waals surface area contributed by atoms with Gasteiger partial charge in [-0.15, -0.1) is 0 Å². The second kappa shape index (κ2) is 6.48. The summed E-state index contributed by atoms with van der Waals surface area (Å²) in [5.74, 6) is -0.307. The average Bonchev–Trinajstić information content (AvgIpc) is 2.45. The van der Waals surface area contributed by atoms with Crippen LogP contribution in [-0.4, -0.2) is 30.4 Å². The Bertz CT molecular complexity index is 256. The SMILES string of the molecule is CCC[C@H](N)C(=O)NC1CCCCNC1=O. The molecule has 1 rings (SSSR count). The van der Waals surface area contributed by atoms with E-state index in [9.17, 15) is 9.59 Å². The normalized spacial score (nSPS) is 23.1. The number of carbonyl (C=O) groups is 2. The van der Waals surface area contributed by atoms with Gasteiger partial charge in [0.05, 0.1) is 6.04 Å². The molecule has 1 heterocycles. The Morgan fingerprint density at radius 3 is 3.06 bits per heavy atom. The van der Waals surface area contributed by atoms with E-state index in [4.69, 9.17) is 5.73 Å². The van der Waals surface area contributed by atoms with E-state index in [1.807, 2.05) is 6.92 Å². The number of rotatable bonds is 4. The van der Waals surface area contributed by atoms with Crippen LogP contribution >= 0.6 is 0 Å². The van der Waals surface area contributed by atoms with Crippen molar-refractivity contribution in [2.45, 2.75) is 51.1 Å². The van der Waals surface area contributed by atoms with Gasteiger partial charge >= 0.3 is 0 Å². The molecule has 5 nitrogen and oxygen atoms in total. The lowest BCUT2D eigenvalue weighted by atomic mass is 10.1. The number of nitrogens with one attached hydrogen (secondary N) is 2. The zero-order valence-electron chi connectivity index (χ0n) is 9.79. The lowest BCUT2D eigenvalue weighted by Gasteiger charge is -2.18. The average molecular weight is 227 g/mol. The highest BCUT2D eigenvalue weighted by Gasteiger charge is 2.24. The van der Waals surface area contributed by atoms with Gasteiger partial charge in [-0.1, -0.05) is 13.3 Å². The van der Waals surface area contributed by atoms with Crippen molar-refractivity contribution in [3.63, 3.8) is 0 Å². The highest BCUT2D eigenvalue weighted by molar-refractivity contribution is 5.89. The molecule has 0 spiro atoms. The van der Waals surface area contributed by atoms with Gasteiger partial charge in [0.15, 0.2) is 0 Å². The third-order valence-electron chi connectivity index (χ3n) is 2.79.